The van der Waals surface area contributed by atoms with Gasteiger partial charge in [-0.15, -0.1) is 0 Å². The molecule has 1 rings (SSSR count). The number of methoxy groups -OCH3 is 1. The van der Waals surface area contributed by atoms with Crippen LogP contribution in [0, 0.1) is 0 Å². The van der Waals surface area contributed by atoms with E-state index in [1.807, 2.05) is 11.8 Å². The lowest BCUT2D eigenvalue weighted by molar-refractivity contribution is -0.127. The van der Waals surface area contributed by atoms with Crippen molar-refractivity contribution in [2.24, 2.45) is 0 Å². The fourth-order valence-electron chi connectivity index (χ4n) is 1.52. The molecule has 7 heteroatoms. The zero-order valence-electron chi connectivity index (χ0n) is 11.9. The van der Waals surface area contributed by atoms with E-state index in [-0.39, 0.29) is 19.1 Å². The molecule has 0 saturated heterocycles. The van der Waals surface area contributed by atoms with Crippen LogP contribution in [-0.4, -0.2) is 55.1 Å². The summed E-state index contributed by atoms with van der Waals surface area (Å²) in [5.41, 5.74) is 5.74. The number of anilines is 2. The van der Waals surface area contributed by atoms with Crippen LogP contribution in [0.15, 0.2) is 6.07 Å². The van der Waals surface area contributed by atoms with Gasteiger partial charge in [-0.3, -0.25) is 4.79 Å². The molecule has 1 amide bonds. The highest BCUT2D eigenvalue weighted by Crippen LogP contribution is 2.14. The second-order valence-corrected chi connectivity index (χ2v) is 4.30. The number of nitrogens with zero attached hydrogens (tertiary/aromatic N) is 4. The molecule has 19 heavy (non-hydrogen) atoms. The van der Waals surface area contributed by atoms with Crippen LogP contribution in [0.3, 0.4) is 0 Å². The van der Waals surface area contributed by atoms with Gasteiger partial charge in [0.15, 0.2) is 5.82 Å². The van der Waals surface area contributed by atoms with Crippen LogP contribution in [0.25, 0.3) is 0 Å². The predicted octanol–water partition coefficient (Wildman–Crippen LogP) is 0.120. The van der Waals surface area contributed by atoms with Gasteiger partial charge in [-0.25, -0.2) is 9.97 Å². The number of nitrogens with two attached hydrogens (primary N) is 1. The molecule has 1 aromatic heterocycles. The Morgan fingerprint density at radius 2 is 2.11 bits per heavy atom. The van der Waals surface area contributed by atoms with Crippen LogP contribution in [0.5, 0.6) is 0 Å². The van der Waals surface area contributed by atoms with E-state index < -0.39 is 0 Å². The van der Waals surface area contributed by atoms with E-state index in [1.165, 1.54) is 0 Å². The average Bonchev–Trinajstić information content (AvgIpc) is 2.35. The molecule has 1 aromatic rings. The molecule has 0 aliphatic carbocycles. The minimum Gasteiger partial charge on any atom is -0.384 e. The Balaban J connectivity index is 2.94. The van der Waals surface area contributed by atoms with Crippen molar-refractivity contribution in [1.29, 1.82) is 0 Å². The first-order valence-electron chi connectivity index (χ1n) is 6.05. The molecule has 0 atom stereocenters. The van der Waals surface area contributed by atoms with Crippen molar-refractivity contribution in [3.8, 4) is 0 Å². The fraction of sp³-hybridized carbons (Fsp3) is 0.583. The molecule has 0 bridgehead atoms. The Kier molecular flexibility index (Phi) is 5.50. The Morgan fingerprint density at radius 3 is 2.63 bits per heavy atom. The van der Waals surface area contributed by atoms with E-state index in [0.29, 0.717) is 24.0 Å². The number of carbonyl (C=O) groups excluding carboxylic acids is 1. The molecule has 7 nitrogen and oxygen atoms in total. The molecule has 0 unspecified atom stereocenters. The maximum absolute atomic E-state index is 11.8. The number of rotatable bonds is 6. The van der Waals surface area contributed by atoms with E-state index >= 15 is 0 Å². The number of ether oxygens (including phenoxy) is 1. The van der Waals surface area contributed by atoms with Crippen molar-refractivity contribution in [3.63, 3.8) is 0 Å². The van der Waals surface area contributed by atoms with E-state index in [2.05, 4.69) is 9.97 Å². The summed E-state index contributed by atoms with van der Waals surface area (Å²) in [5, 5.41) is 0. The molecule has 1 heterocycles. The maximum Gasteiger partial charge on any atom is 0.241 e. The Hall–Kier alpha value is -1.89. The smallest absolute Gasteiger partial charge is 0.241 e. The van der Waals surface area contributed by atoms with Crippen LogP contribution in [0.4, 0.5) is 11.6 Å². The quantitative estimate of drug-likeness (QED) is 0.788. The van der Waals surface area contributed by atoms with Crippen molar-refractivity contribution in [1.82, 2.24) is 14.9 Å². The summed E-state index contributed by atoms with van der Waals surface area (Å²) in [6.07, 6.45) is 0. The minimum atomic E-state index is 0.00678. The average molecular weight is 267 g/mol. The van der Waals surface area contributed by atoms with Gasteiger partial charge in [0.05, 0.1) is 6.54 Å². The topological polar surface area (TPSA) is 84.6 Å². The zero-order valence-corrected chi connectivity index (χ0v) is 11.9. The zero-order chi connectivity index (χ0) is 14.4. The third kappa shape index (κ3) is 4.36. The molecule has 0 saturated carbocycles. The Morgan fingerprint density at radius 1 is 1.42 bits per heavy atom. The molecule has 106 valence electrons. The summed E-state index contributed by atoms with van der Waals surface area (Å²) in [6.45, 7) is 3.16. The van der Waals surface area contributed by atoms with Crippen molar-refractivity contribution in [2.45, 2.75) is 13.5 Å². The Labute approximate surface area is 113 Å². The molecule has 2 N–H and O–H groups in total. The van der Waals surface area contributed by atoms with Crippen molar-refractivity contribution in [2.75, 3.05) is 44.9 Å². The standard InChI is InChI=1S/C12H21N5O2/c1-5-17(7-12(18)16(2)3)11-6-9(13)14-10(15-11)8-19-4/h6H,5,7-8H2,1-4H3,(H2,13,14,15). The normalized spacial score (nSPS) is 10.3. The summed E-state index contributed by atoms with van der Waals surface area (Å²) >= 11 is 0. The molecule has 0 aliphatic rings. The molecular formula is C12H21N5O2. The van der Waals surface area contributed by atoms with Gasteiger partial charge in [-0.1, -0.05) is 0 Å². The minimum absolute atomic E-state index is 0.00678. The highest BCUT2D eigenvalue weighted by Gasteiger charge is 2.14. The van der Waals surface area contributed by atoms with Crippen LogP contribution in [0.2, 0.25) is 0 Å². The molecule has 0 radical (unpaired) electrons. The first kappa shape index (κ1) is 15.2. The predicted molar refractivity (Wildman–Crippen MR) is 73.7 cm³/mol. The number of likely N-dealkylation sites (N-methyl/N-ethyl adjacent to an activating group) is 2. The van der Waals surface area contributed by atoms with Gasteiger partial charge in [0, 0.05) is 33.8 Å². The number of carbonyl (C=O) groups is 1. The monoisotopic (exact) mass is 267 g/mol. The lowest BCUT2D eigenvalue weighted by Gasteiger charge is -2.23. The number of hydrogen-bond acceptors (Lipinski definition) is 6. The highest BCUT2D eigenvalue weighted by atomic mass is 16.5. The van der Waals surface area contributed by atoms with E-state index in [1.54, 1.807) is 32.2 Å². The lowest BCUT2D eigenvalue weighted by atomic mass is 10.4. The second kappa shape index (κ2) is 6.89. The Bertz CT molecular complexity index is 436. The molecule has 0 fully saturated rings. The SMILES string of the molecule is CCN(CC(=O)N(C)C)c1cc(N)nc(COC)n1. The molecule has 0 aromatic carbocycles. The number of aromatic nitrogens is 2. The van der Waals surface area contributed by atoms with Gasteiger partial charge in [0.25, 0.3) is 0 Å². The number of amides is 1. The van der Waals surface area contributed by atoms with Gasteiger partial charge in [0.2, 0.25) is 5.91 Å². The second-order valence-electron chi connectivity index (χ2n) is 4.30. The van der Waals surface area contributed by atoms with E-state index in [0.717, 1.165) is 0 Å². The fourth-order valence-corrected chi connectivity index (χ4v) is 1.52. The van der Waals surface area contributed by atoms with Crippen LogP contribution in [-0.2, 0) is 16.1 Å². The molecule has 0 spiro atoms. The van der Waals surface area contributed by atoms with Crippen LogP contribution in [0.1, 0.15) is 12.7 Å². The summed E-state index contributed by atoms with van der Waals surface area (Å²) in [4.78, 5) is 23.6. The third-order valence-corrected chi connectivity index (χ3v) is 2.58. The van der Waals surface area contributed by atoms with E-state index in [9.17, 15) is 4.79 Å². The first-order valence-corrected chi connectivity index (χ1v) is 6.05. The van der Waals surface area contributed by atoms with Gasteiger partial charge >= 0.3 is 0 Å². The summed E-state index contributed by atoms with van der Waals surface area (Å²) in [7, 11) is 5.01. The number of nitrogen functional groups attached to an aromatic ring is 1. The van der Waals surface area contributed by atoms with Crippen molar-refractivity contribution < 1.29 is 9.53 Å². The summed E-state index contributed by atoms with van der Waals surface area (Å²) in [5.74, 6) is 1.52. The summed E-state index contributed by atoms with van der Waals surface area (Å²) < 4.78 is 5.00. The van der Waals surface area contributed by atoms with Gasteiger partial charge in [-0.05, 0) is 6.92 Å². The molecular weight excluding hydrogens is 246 g/mol. The van der Waals surface area contributed by atoms with E-state index in [4.69, 9.17) is 10.5 Å². The van der Waals surface area contributed by atoms with Crippen LogP contribution >= 0.6 is 0 Å². The third-order valence-electron chi connectivity index (χ3n) is 2.58. The largest absolute Gasteiger partial charge is 0.384 e. The van der Waals surface area contributed by atoms with Gasteiger partial charge in [0.1, 0.15) is 18.2 Å². The number of hydrogen-bond donors (Lipinski definition) is 1. The van der Waals surface area contributed by atoms with Crippen LogP contribution < -0.4 is 10.6 Å². The molecule has 0 aliphatic heterocycles. The van der Waals surface area contributed by atoms with Gasteiger partial charge in [-0.2, -0.15) is 0 Å². The van der Waals surface area contributed by atoms with Crippen molar-refractivity contribution >= 4 is 17.5 Å². The lowest BCUT2D eigenvalue weighted by Crippen LogP contribution is -2.37. The van der Waals surface area contributed by atoms with Crippen molar-refractivity contribution in [3.05, 3.63) is 11.9 Å². The maximum atomic E-state index is 11.8. The van der Waals surface area contributed by atoms with Gasteiger partial charge < -0.3 is 20.3 Å². The first-order chi connectivity index (χ1) is 8.97. The highest BCUT2D eigenvalue weighted by molar-refractivity contribution is 5.80. The summed E-state index contributed by atoms with van der Waals surface area (Å²) in [6, 6.07) is 1.66.